The van der Waals surface area contributed by atoms with Crippen molar-refractivity contribution in [1.82, 2.24) is 9.58 Å². The van der Waals surface area contributed by atoms with Crippen molar-refractivity contribution in [2.24, 2.45) is 40.6 Å². The summed E-state index contributed by atoms with van der Waals surface area (Å²) in [6.45, 7) is 6.59. The van der Waals surface area contributed by atoms with Crippen LogP contribution in [0.1, 0.15) is 17.7 Å². The Kier molecular flexibility index (Phi) is 3.38. The van der Waals surface area contributed by atoms with Crippen LogP contribution in [0.2, 0.25) is 0 Å². The molecule has 2 saturated carbocycles. The third-order valence-electron chi connectivity index (χ3n) is 7.53. The van der Waals surface area contributed by atoms with Crippen molar-refractivity contribution in [2.75, 3.05) is 0 Å². The Bertz CT molecular complexity index is 1100. The molecule has 2 bridgehead atoms. The molecule has 1 saturated heterocycles. The van der Waals surface area contributed by atoms with E-state index in [9.17, 15) is 9.59 Å². The number of para-hydroxylation sites is 1. The minimum absolute atomic E-state index is 0.117. The lowest BCUT2D eigenvalue weighted by molar-refractivity contribution is -0.140. The van der Waals surface area contributed by atoms with E-state index in [1.54, 1.807) is 6.21 Å². The monoisotopic (exact) mass is 385 g/mol. The van der Waals surface area contributed by atoms with Crippen LogP contribution in [0.5, 0.6) is 0 Å². The molecular formula is C24H23N3O2. The standard InChI is InChI=1S/C24H23N3O2/c1-3-10-26-13(2)19(14-6-4-5-7-20(14)26)12-25-27-23(28)21-15-8-9-16(18-11-17(15)18)22(21)24(27)29/h3-9,12,15-18,21-22H,1,10-11H2,2H3/b25-12-/t15-,16-,17-,18+,21-,22+/m1/s1. The van der Waals surface area contributed by atoms with Gasteiger partial charge < -0.3 is 4.57 Å². The summed E-state index contributed by atoms with van der Waals surface area (Å²) in [5.41, 5.74) is 3.10. The zero-order valence-electron chi connectivity index (χ0n) is 16.4. The number of fused-ring (bicyclic) bond motifs is 1. The van der Waals surface area contributed by atoms with E-state index in [2.05, 4.69) is 34.5 Å². The van der Waals surface area contributed by atoms with E-state index in [-0.39, 0.29) is 35.5 Å². The minimum Gasteiger partial charge on any atom is -0.340 e. The van der Waals surface area contributed by atoms with Crippen molar-refractivity contribution in [3.8, 4) is 0 Å². The summed E-state index contributed by atoms with van der Waals surface area (Å²) in [6, 6.07) is 8.12. The highest BCUT2D eigenvalue weighted by Crippen LogP contribution is 2.65. The first kappa shape index (κ1) is 17.0. The molecule has 3 fully saturated rings. The third-order valence-corrected chi connectivity index (χ3v) is 7.53. The van der Waals surface area contributed by atoms with Crippen LogP contribution in [-0.2, 0) is 16.1 Å². The molecule has 0 spiro atoms. The molecular weight excluding hydrogens is 362 g/mol. The Morgan fingerprint density at radius 1 is 1.10 bits per heavy atom. The maximum absolute atomic E-state index is 13.1. The second-order valence-electron chi connectivity index (χ2n) is 8.80. The molecule has 2 heterocycles. The van der Waals surface area contributed by atoms with Gasteiger partial charge in [-0.1, -0.05) is 36.4 Å². The molecule has 6 atom stereocenters. The first-order chi connectivity index (χ1) is 14.1. The normalized spacial score (nSPS) is 34.3. The number of carbonyl (C=O) groups is 2. The highest BCUT2D eigenvalue weighted by molar-refractivity contribution is 6.08. The second-order valence-corrected chi connectivity index (χ2v) is 8.80. The van der Waals surface area contributed by atoms with Crippen LogP contribution < -0.4 is 0 Å². The molecule has 5 nitrogen and oxygen atoms in total. The maximum Gasteiger partial charge on any atom is 0.254 e. The lowest BCUT2D eigenvalue weighted by Crippen LogP contribution is -2.40. The van der Waals surface area contributed by atoms with Crippen LogP contribution in [0.3, 0.4) is 0 Å². The van der Waals surface area contributed by atoms with Crippen molar-refractivity contribution in [1.29, 1.82) is 0 Å². The lowest BCUT2D eigenvalue weighted by atomic mass is 9.63. The number of rotatable bonds is 4. The van der Waals surface area contributed by atoms with Crippen molar-refractivity contribution in [3.05, 3.63) is 60.3 Å². The van der Waals surface area contributed by atoms with Crippen LogP contribution in [0, 0.1) is 42.4 Å². The van der Waals surface area contributed by atoms with Gasteiger partial charge in [-0.3, -0.25) is 9.59 Å². The topological polar surface area (TPSA) is 54.7 Å². The number of imide groups is 1. The fraction of sp³-hybridized carbons (Fsp3) is 0.375. The van der Waals surface area contributed by atoms with Gasteiger partial charge in [0.15, 0.2) is 0 Å². The zero-order valence-corrected chi connectivity index (χ0v) is 16.4. The Balaban J connectivity index is 1.37. The quantitative estimate of drug-likeness (QED) is 0.459. The minimum atomic E-state index is -0.207. The predicted molar refractivity (Wildman–Crippen MR) is 111 cm³/mol. The van der Waals surface area contributed by atoms with E-state index < -0.39 is 0 Å². The summed E-state index contributed by atoms with van der Waals surface area (Å²) in [4.78, 5) is 26.2. The van der Waals surface area contributed by atoms with E-state index >= 15 is 0 Å². The molecule has 146 valence electrons. The summed E-state index contributed by atoms with van der Waals surface area (Å²) in [6.07, 6.45) is 9.10. The summed E-state index contributed by atoms with van der Waals surface area (Å²) in [7, 11) is 0. The van der Waals surface area contributed by atoms with Gasteiger partial charge in [0.2, 0.25) is 0 Å². The number of aromatic nitrogens is 1. The summed E-state index contributed by atoms with van der Waals surface area (Å²) >= 11 is 0. The van der Waals surface area contributed by atoms with Crippen LogP contribution in [0.25, 0.3) is 10.9 Å². The van der Waals surface area contributed by atoms with E-state index in [4.69, 9.17) is 0 Å². The molecule has 0 radical (unpaired) electrons. The van der Waals surface area contributed by atoms with Gasteiger partial charge in [0.1, 0.15) is 0 Å². The molecule has 0 unspecified atom stereocenters. The van der Waals surface area contributed by atoms with Crippen molar-refractivity contribution in [3.63, 3.8) is 0 Å². The Morgan fingerprint density at radius 3 is 2.41 bits per heavy atom. The van der Waals surface area contributed by atoms with Gasteiger partial charge in [-0.15, -0.1) is 6.58 Å². The highest BCUT2D eigenvalue weighted by atomic mass is 16.2. The smallest absolute Gasteiger partial charge is 0.254 e. The second kappa shape index (κ2) is 5.78. The van der Waals surface area contributed by atoms with E-state index in [1.807, 2.05) is 31.2 Å². The van der Waals surface area contributed by atoms with Gasteiger partial charge >= 0.3 is 0 Å². The molecule has 7 rings (SSSR count). The van der Waals surface area contributed by atoms with Crippen LogP contribution >= 0.6 is 0 Å². The predicted octanol–water partition coefficient (Wildman–Crippen LogP) is 3.52. The average molecular weight is 385 g/mol. The number of carbonyl (C=O) groups excluding carboxylic acids is 2. The fourth-order valence-electron chi connectivity index (χ4n) is 6.16. The Hall–Kier alpha value is -2.95. The average Bonchev–Trinajstić information content (AvgIpc) is 3.47. The third kappa shape index (κ3) is 2.13. The number of allylic oxidation sites excluding steroid dienone is 3. The molecule has 0 N–H and O–H groups in total. The summed E-state index contributed by atoms with van der Waals surface area (Å²) in [5, 5.41) is 6.67. The Morgan fingerprint density at radius 2 is 1.76 bits per heavy atom. The first-order valence-corrected chi connectivity index (χ1v) is 10.4. The zero-order chi connectivity index (χ0) is 19.9. The first-order valence-electron chi connectivity index (χ1n) is 10.4. The summed E-state index contributed by atoms with van der Waals surface area (Å²) in [5.74, 6) is 1.01. The van der Waals surface area contributed by atoms with Gasteiger partial charge in [-0.05, 0) is 43.1 Å². The summed E-state index contributed by atoms with van der Waals surface area (Å²) < 4.78 is 2.18. The molecule has 4 aliphatic carbocycles. The van der Waals surface area contributed by atoms with E-state index in [0.717, 1.165) is 27.2 Å². The van der Waals surface area contributed by atoms with Crippen LogP contribution in [-0.4, -0.2) is 27.6 Å². The maximum atomic E-state index is 13.1. The SMILES string of the molecule is C=CCn1c(C)c(/C=N\N2C(=O)[C@@H]3[C@@H]4C=C[C@H]([C@@H]5C[C@H]45)[C@@H]3C2=O)c2ccccc21. The number of amides is 2. The van der Waals surface area contributed by atoms with Crippen LogP contribution in [0.15, 0.2) is 54.2 Å². The molecule has 29 heavy (non-hydrogen) atoms. The number of benzene rings is 1. The number of hydrogen-bond acceptors (Lipinski definition) is 3. The van der Waals surface area contributed by atoms with Gasteiger partial charge in [-0.2, -0.15) is 10.1 Å². The fourth-order valence-corrected chi connectivity index (χ4v) is 6.16. The highest BCUT2D eigenvalue weighted by Gasteiger charge is 2.67. The molecule has 5 heteroatoms. The van der Waals surface area contributed by atoms with Crippen molar-refractivity contribution >= 4 is 28.9 Å². The molecule has 5 aliphatic rings. The van der Waals surface area contributed by atoms with Crippen molar-refractivity contribution < 1.29 is 9.59 Å². The van der Waals surface area contributed by atoms with Gasteiger partial charge in [-0.25, -0.2) is 0 Å². The largest absolute Gasteiger partial charge is 0.340 e. The molecule has 1 aliphatic heterocycles. The Labute approximate surface area is 169 Å². The molecule has 1 aromatic carbocycles. The van der Waals surface area contributed by atoms with Gasteiger partial charge in [0, 0.05) is 28.7 Å². The molecule has 1 aromatic heterocycles. The van der Waals surface area contributed by atoms with Crippen LogP contribution in [0.4, 0.5) is 0 Å². The molecule has 2 amide bonds. The number of nitrogens with zero attached hydrogens (tertiary/aromatic N) is 3. The van der Waals surface area contributed by atoms with E-state index in [0.29, 0.717) is 18.4 Å². The molecule has 2 aromatic rings. The van der Waals surface area contributed by atoms with Gasteiger partial charge in [0.25, 0.3) is 11.8 Å². The van der Waals surface area contributed by atoms with Crippen molar-refractivity contribution in [2.45, 2.75) is 19.9 Å². The van der Waals surface area contributed by atoms with Gasteiger partial charge in [0.05, 0.1) is 18.1 Å². The van der Waals surface area contributed by atoms with E-state index in [1.165, 1.54) is 6.42 Å². The number of hydrogen-bond donors (Lipinski definition) is 0. The lowest BCUT2D eigenvalue weighted by Gasteiger charge is -2.37. The number of hydrazone groups is 1.